The van der Waals surface area contributed by atoms with Crippen molar-refractivity contribution in [1.82, 2.24) is 4.90 Å². The van der Waals surface area contributed by atoms with E-state index in [9.17, 15) is 14.7 Å². The molecular weight excluding hydrogens is 334 g/mol. The topological polar surface area (TPSA) is 57.6 Å². The smallest absolute Gasteiger partial charge is 0.312 e. The molecule has 25 heavy (non-hydrogen) atoms. The Morgan fingerprint density at radius 2 is 1.84 bits per heavy atom. The molecule has 5 heteroatoms. The highest BCUT2D eigenvalue weighted by molar-refractivity contribution is 8.00. The van der Waals surface area contributed by atoms with Gasteiger partial charge in [-0.2, -0.15) is 0 Å². The second-order valence-corrected chi connectivity index (χ2v) is 7.41. The normalized spacial score (nSPS) is 17.6. The Hall–Kier alpha value is -2.27. The first kappa shape index (κ1) is 17.5. The number of aliphatic carboxylic acids is 1. The maximum absolute atomic E-state index is 13.0. The van der Waals surface area contributed by atoms with Gasteiger partial charge in [-0.05, 0) is 29.7 Å². The first-order valence-electron chi connectivity index (χ1n) is 8.41. The van der Waals surface area contributed by atoms with Gasteiger partial charge in [0, 0.05) is 18.0 Å². The van der Waals surface area contributed by atoms with E-state index < -0.39 is 11.9 Å². The Balaban J connectivity index is 1.80. The maximum Gasteiger partial charge on any atom is 0.312 e. The molecule has 0 fully saturated rings. The lowest BCUT2D eigenvalue weighted by Crippen LogP contribution is -2.44. The average molecular weight is 355 g/mol. The van der Waals surface area contributed by atoms with E-state index in [1.807, 2.05) is 61.5 Å². The molecule has 0 aromatic heterocycles. The van der Waals surface area contributed by atoms with Crippen LogP contribution >= 0.6 is 11.8 Å². The van der Waals surface area contributed by atoms with Crippen molar-refractivity contribution in [3.63, 3.8) is 0 Å². The number of fused-ring (bicyclic) bond motifs is 1. The van der Waals surface area contributed by atoms with Crippen LogP contribution in [-0.4, -0.2) is 33.7 Å². The molecule has 0 saturated heterocycles. The monoisotopic (exact) mass is 355 g/mol. The first-order chi connectivity index (χ1) is 12.1. The number of thioether (sulfide) groups is 1. The second-order valence-electron chi connectivity index (χ2n) is 6.14. The van der Waals surface area contributed by atoms with Crippen LogP contribution < -0.4 is 0 Å². The van der Waals surface area contributed by atoms with Crippen molar-refractivity contribution in [1.29, 1.82) is 0 Å². The van der Waals surface area contributed by atoms with Gasteiger partial charge in [0.2, 0.25) is 5.91 Å². The van der Waals surface area contributed by atoms with Gasteiger partial charge in [0.1, 0.15) is 0 Å². The van der Waals surface area contributed by atoms with Crippen molar-refractivity contribution in [2.24, 2.45) is 0 Å². The summed E-state index contributed by atoms with van der Waals surface area (Å²) in [7, 11) is 0. The molecule has 0 saturated carbocycles. The zero-order chi connectivity index (χ0) is 17.8. The zero-order valence-electron chi connectivity index (χ0n) is 14.1. The van der Waals surface area contributed by atoms with E-state index in [0.717, 1.165) is 16.0 Å². The molecule has 1 aliphatic rings. The zero-order valence-corrected chi connectivity index (χ0v) is 14.9. The number of carboxylic acids is 1. The van der Waals surface area contributed by atoms with E-state index in [4.69, 9.17) is 0 Å². The highest BCUT2D eigenvalue weighted by atomic mass is 32.2. The molecule has 2 aromatic rings. The number of carbonyl (C=O) groups excluding carboxylic acids is 1. The van der Waals surface area contributed by atoms with Crippen LogP contribution in [0.1, 0.15) is 30.4 Å². The quantitative estimate of drug-likeness (QED) is 0.830. The van der Waals surface area contributed by atoms with Crippen LogP contribution in [0.4, 0.5) is 0 Å². The predicted octanol–water partition coefficient (Wildman–Crippen LogP) is 3.77. The van der Waals surface area contributed by atoms with Crippen molar-refractivity contribution in [2.75, 3.05) is 6.54 Å². The number of carbonyl (C=O) groups is 2. The van der Waals surface area contributed by atoms with Gasteiger partial charge < -0.3 is 10.0 Å². The van der Waals surface area contributed by atoms with Crippen LogP contribution in [0.15, 0.2) is 59.5 Å². The van der Waals surface area contributed by atoms with E-state index in [1.54, 1.807) is 16.7 Å². The Kier molecular flexibility index (Phi) is 5.43. The molecule has 0 radical (unpaired) electrons. The maximum atomic E-state index is 13.0. The molecule has 0 aliphatic carbocycles. The van der Waals surface area contributed by atoms with Gasteiger partial charge in [0.15, 0.2) is 0 Å². The third kappa shape index (κ3) is 3.87. The van der Waals surface area contributed by atoms with Crippen molar-refractivity contribution in [2.45, 2.75) is 36.0 Å². The van der Waals surface area contributed by atoms with Gasteiger partial charge in [0.05, 0.1) is 11.2 Å². The Morgan fingerprint density at radius 1 is 1.16 bits per heavy atom. The molecule has 1 heterocycles. The summed E-state index contributed by atoms with van der Waals surface area (Å²) in [5.74, 6) is -1.53. The Morgan fingerprint density at radius 3 is 2.52 bits per heavy atom. The summed E-state index contributed by atoms with van der Waals surface area (Å²) in [5.41, 5.74) is 1.75. The van der Waals surface area contributed by atoms with Crippen molar-refractivity contribution >= 4 is 23.6 Å². The molecule has 1 aliphatic heterocycles. The van der Waals surface area contributed by atoms with Gasteiger partial charge in [-0.15, -0.1) is 11.8 Å². The van der Waals surface area contributed by atoms with Gasteiger partial charge >= 0.3 is 5.97 Å². The minimum Gasteiger partial charge on any atom is -0.481 e. The number of rotatable bonds is 5. The van der Waals surface area contributed by atoms with Crippen molar-refractivity contribution in [3.8, 4) is 0 Å². The van der Waals surface area contributed by atoms with E-state index in [-0.39, 0.29) is 17.7 Å². The van der Waals surface area contributed by atoms with E-state index in [0.29, 0.717) is 13.0 Å². The molecule has 1 N–H and O–H groups in total. The van der Waals surface area contributed by atoms with E-state index in [2.05, 4.69) is 0 Å². The Bertz CT molecular complexity index is 763. The average Bonchev–Trinajstić information content (AvgIpc) is 2.65. The van der Waals surface area contributed by atoms with Crippen LogP contribution in [0, 0.1) is 0 Å². The first-order valence-corrected chi connectivity index (χ1v) is 9.29. The van der Waals surface area contributed by atoms with Crippen LogP contribution in [0.25, 0.3) is 0 Å². The standard InChI is InChI=1S/C20H21NO3S/c1-2-18(25-15-9-4-3-5-10-15)19(22)21-12-14-8-6-7-11-16(14)17(13-21)20(23)24/h3-11,17-18H,2,12-13H2,1H3,(H,23,24). The lowest BCUT2D eigenvalue weighted by molar-refractivity contribution is -0.141. The van der Waals surface area contributed by atoms with Crippen LogP contribution in [0.2, 0.25) is 0 Å². The second kappa shape index (κ2) is 7.74. The third-order valence-corrected chi connectivity index (χ3v) is 5.84. The van der Waals surface area contributed by atoms with Crippen LogP contribution in [0.5, 0.6) is 0 Å². The van der Waals surface area contributed by atoms with Gasteiger partial charge in [-0.25, -0.2) is 0 Å². The lowest BCUT2D eigenvalue weighted by atomic mass is 9.89. The number of hydrogen-bond acceptors (Lipinski definition) is 3. The molecule has 3 rings (SSSR count). The summed E-state index contributed by atoms with van der Waals surface area (Å²) in [6.07, 6.45) is 0.703. The molecule has 1 amide bonds. The molecule has 4 nitrogen and oxygen atoms in total. The fraction of sp³-hybridized carbons (Fsp3) is 0.300. The van der Waals surface area contributed by atoms with Crippen molar-refractivity contribution in [3.05, 3.63) is 65.7 Å². The molecular formula is C20H21NO3S. The summed E-state index contributed by atoms with van der Waals surface area (Å²) >= 11 is 1.54. The molecule has 0 bridgehead atoms. The number of carboxylic acid groups (broad SMARTS) is 1. The highest BCUT2D eigenvalue weighted by Gasteiger charge is 2.34. The third-order valence-electron chi connectivity index (χ3n) is 4.47. The predicted molar refractivity (Wildman–Crippen MR) is 98.6 cm³/mol. The molecule has 2 aromatic carbocycles. The van der Waals surface area contributed by atoms with Crippen LogP contribution in [-0.2, 0) is 16.1 Å². The van der Waals surface area contributed by atoms with Gasteiger partial charge in [-0.1, -0.05) is 49.4 Å². The summed E-state index contributed by atoms with van der Waals surface area (Å²) in [6, 6.07) is 17.4. The number of amides is 1. The minimum absolute atomic E-state index is 0.0112. The molecule has 130 valence electrons. The lowest BCUT2D eigenvalue weighted by Gasteiger charge is -2.34. The fourth-order valence-electron chi connectivity index (χ4n) is 3.16. The Labute approximate surface area is 151 Å². The summed E-state index contributed by atoms with van der Waals surface area (Å²) in [5, 5.41) is 9.37. The van der Waals surface area contributed by atoms with Gasteiger partial charge in [-0.3, -0.25) is 9.59 Å². The summed E-state index contributed by atoms with van der Waals surface area (Å²) in [4.78, 5) is 27.4. The minimum atomic E-state index is -0.881. The SMILES string of the molecule is CCC(Sc1ccccc1)C(=O)N1Cc2ccccc2C(C(=O)O)C1. The van der Waals surface area contributed by atoms with E-state index >= 15 is 0 Å². The largest absolute Gasteiger partial charge is 0.481 e. The van der Waals surface area contributed by atoms with Crippen LogP contribution in [0.3, 0.4) is 0 Å². The fourth-order valence-corrected chi connectivity index (χ4v) is 4.22. The molecule has 2 unspecified atom stereocenters. The number of hydrogen-bond donors (Lipinski definition) is 1. The van der Waals surface area contributed by atoms with E-state index in [1.165, 1.54) is 0 Å². The number of benzene rings is 2. The highest BCUT2D eigenvalue weighted by Crippen LogP contribution is 2.32. The molecule has 0 spiro atoms. The van der Waals surface area contributed by atoms with Gasteiger partial charge in [0.25, 0.3) is 0 Å². The summed E-state index contributed by atoms with van der Waals surface area (Å²) < 4.78 is 0. The summed E-state index contributed by atoms with van der Waals surface area (Å²) in [6.45, 7) is 2.70. The molecule has 2 atom stereocenters. The van der Waals surface area contributed by atoms with Crippen molar-refractivity contribution < 1.29 is 14.7 Å². The number of nitrogens with zero attached hydrogens (tertiary/aromatic N) is 1.